The van der Waals surface area contributed by atoms with E-state index in [-0.39, 0.29) is 27.0 Å². The number of carbonyl (C=O) groups is 1. The zero-order valence-electron chi connectivity index (χ0n) is 9.55. The number of carbonyl (C=O) groups excluding carboxylic acids is 1. The fourth-order valence-electron chi connectivity index (χ4n) is 1.99. The van der Waals surface area contributed by atoms with Crippen molar-refractivity contribution in [3.8, 4) is 0 Å². The summed E-state index contributed by atoms with van der Waals surface area (Å²) in [4.78, 5) is 13.9. The first-order chi connectivity index (χ1) is 7.74. The van der Waals surface area contributed by atoms with Crippen LogP contribution in [-0.4, -0.2) is 53.7 Å². The molecule has 2 rings (SSSR count). The van der Waals surface area contributed by atoms with Gasteiger partial charge in [-0.05, 0) is 36.5 Å². The van der Waals surface area contributed by atoms with Crippen molar-refractivity contribution < 1.29 is 4.79 Å². The van der Waals surface area contributed by atoms with Gasteiger partial charge in [0.05, 0.1) is 0 Å². The molecule has 0 aromatic heterocycles. The summed E-state index contributed by atoms with van der Waals surface area (Å²) >= 11 is -0.274. The van der Waals surface area contributed by atoms with Crippen LogP contribution in [0.1, 0.15) is 12.8 Å². The van der Waals surface area contributed by atoms with E-state index in [1.54, 1.807) is 0 Å². The second kappa shape index (κ2) is 5.92. The molecule has 0 radical (unpaired) electrons. The molecule has 1 atom stereocenters. The first kappa shape index (κ1) is 12.3. The summed E-state index contributed by atoms with van der Waals surface area (Å²) in [7, 11) is 2.09. The van der Waals surface area contributed by atoms with Crippen LogP contribution < -0.4 is 14.2 Å². The monoisotopic (exact) mass is 338 g/mol. The van der Waals surface area contributed by atoms with Gasteiger partial charge in [0, 0.05) is 40.1 Å². The van der Waals surface area contributed by atoms with Crippen LogP contribution in [0.5, 0.6) is 0 Å². The average Bonchev–Trinajstić information content (AvgIpc) is 2.87. The molecule has 0 spiro atoms. The first-order valence-corrected chi connectivity index (χ1v) is 7.84. The quantitative estimate of drug-likeness (QED) is 0.492. The van der Waals surface area contributed by atoms with Crippen LogP contribution >= 0.6 is 21.0 Å². The molecule has 0 saturated carbocycles. The smallest absolute Gasteiger partial charge is 0.323 e. The lowest BCUT2D eigenvalue weighted by Crippen LogP contribution is -2.40. The molecule has 0 aliphatic carbocycles. The number of hydrogen-bond acceptors (Lipinski definition) is 3. The fraction of sp³-hybridized carbons (Fsp3) is 0.800. The van der Waals surface area contributed by atoms with Gasteiger partial charge in [0.25, 0.3) is 0 Å². The Labute approximate surface area is 106 Å². The van der Waals surface area contributed by atoms with Gasteiger partial charge >= 0.3 is 6.03 Å². The summed E-state index contributed by atoms with van der Waals surface area (Å²) < 4.78 is 4.53. The highest BCUT2D eigenvalue weighted by atomic mass is 127. The number of amides is 2. The number of urea groups is 1. The molecule has 92 valence electrons. The van der Waals surface area contributed by atoms with Gasteiger partial charge in [-0.15, -0.1) is 0 Å². The molecule has 6 heteroatoms. The van der Waals surface area contributed by atoms with Crippen LogP contribution in [0.2, 0.25) is 0 Å². The van der Waals surface area contributed by atoms with Gasteiger partial charge in [0.2, 0.25) is 0 Å². The van der Waals surface area contributed by atoms with Crippen LogP contribution in [0.15, 0.2) is 0 Å². The molecule has 2 amide bonds. The van der Waals surface area contributed by atoms with Crippen LogP contribution in [0.3, 0.4) is 0 Å². The summed E-state index contributed by atoms with van der Waals surface area (Å²) in [6, 6.07) is 0.355. The van der Waals surface area contributed by atoms with E-state index in [9.17, 15) is 4.79 Å². The van der Waals surface area contributed by atoms with E-state index in [0.717, 1.165) is 39.0 Å². The van der Waals surface area contributed by atoms with Crippen molar-refractivity contribution in [2.45, 2.75) is 18.9 Å². The SMILES string of the molecule is CN1CCC(NC(=O)NI=C2CCNC2)C1. The van der Waals surface area contributed by atoms with E-state index in [4.69, 9.17) is 0 Å². The Morgan fingerprint density at radius 3 is 3.12 bits per heavy atom. The molecule has 16 heavy (non-hydrogen) atoms. The zero-order valence-corrected chi connectivity index (χ0v) is 11.7. The minimum absolute atomic E-state index is 0.0208. The van der Waals surface area contributed by atoms with Crippen molar-refractivity contribution in [3.63, 3.8) is 0 Å². The standard InChI is InChI=1S/C10H19IN4O/c1-15-5-3-9(7-15)13-10(16)14-11-8-2-4-12-6-8/h9,12H,2-7H2,1H3,(H2,13,14,16). The number of likely N-dealkylation sites (N-methyl/N-ethyl adjacent to an activating group) is 1. The third-order valence-corrected chi connectivity index (χ3v) is 5.33. The molecule has 2 aliphatic rings. The fourth-order valence-corrected chi connectivity index (χ4v) is 3.77. The van der Waals surface area contributed by atoms with Gasteiger partial charge < -0.3 is 15.5 Å². The molecule has 0 aromatic rings. The Bertz CT molecular complexity index is 287. The normalized spacial score (nSPS) is 29.1. The molecular formula is C10H19IN4O. The number of hydrogen-bond donors (Lipinski definition) is 3. The Balaban J connectivity index is 1.70. The number of nitrogens with zero attached hydrogens (tertiary/aromatic N) is 1. The molecule has 2 aliphatic heterocycles. The maximum absolute atomic E-state index is 11.6. The van der Waals surface area contributed by atoms with Crippen molar-refractivity contribution in [2.75, 3.05) is 33.2 Å². The van der Waals surface area contributed by atoms with E-state index in [1.807, 2.05) is 0 Å². The molecule has 2 fully saturated rings. The lowest BCUT2D eigenvalue weighted by atomic mass is 10.3. The van der Waals surface area contributed by atoms with Crippen molar-refractivity contribution in [2.24, 2.45) is 0 Å². The molecule has 1 unspecified atom stereocenters. The first-order valence-electron chi connectivity index (χ1n) is 5.68. The summed E-state index contributed by atoms with van der Waals surface area (Å²) in [6.45, 7) is 4.14. The van der Waals surface area contributed by atoms with Crippen LogP contribution in [-0.2, 0) is 0 Å². The third-order valence-electron chi connectivity index (χ3n) is 2.88. The third kappa shape index (κ3) is 3.67. The summed E-state index contributed by atoms with van der Waals surface area (Å²) in [5.41, 5.74) is 0. The van der Waals surface area contributed by atoms with Crippen molar-refractivity contribution in [1.82, 2.24) is 19.1 Å². The molecule has 5 nitrogen and oxygen atoms in total. The van der Waals surface area contributed by atoms with Gasteiger partial charge in [-0.1, -0.05) is 0 Å². The molecule has 2 heterocycles. The summed E-state index contributed by atoms with van der Waals surface area (Å²) in [6.07, 6.45) is 2.21. The second-order valence-electron chi connectivity index (χ2n) is 4.35. The van der Waals surface area contributed by atoms with Crippen molar-refractivity contribution >= 4 is 30.5 Å². The highest BCUT2D eigenvalue weighted by Gasteiger charge is 2.20. The van der Waals surface area contributed by atoms with Gasteiger partial charge in [0.15, 0.2) is 0 Å². The number of nitrogens with one attached hydrogen (secondary N) is 3. The van der Waals surface area contributed by atoms with Gasteiger partial charge in [0.1, 0.15) is 0 Å². The summed E-state index contributed by atoms with van der Waals surface area (Å²) in [5.74, 6) is 0. The van der Waals surface area contributed by atoms with Crippen LogP contribution in [0.25, 0.3) is 0 Å². The highest BCUT2D eigenvalue weighted by Crippen LogP contribution is 2.07. The van der Waals surface area contributed by atoms with E-state index in [1.165, 1.54) is 3.51 Å². The van der Waals surface area contributed by atoms with Gasteiger partial charge in [-0.25, -0.2) is 4.79 Å². The largest absolute Gasteiger partial charge is 0.334 e. The number of rotatable bonds is 2. The lowest BCUT2D eigenvalue weighted by molar-refractivity contribution is 0.243. The molecule has 0 bridgehead atoms. The minimum atomic E-state index is -0.274. The predicted molar refractivity (Wildman–Crippen MR) is 74.1 cm³/mol. The Hall–Kier alpha value is -0.210. The lowest BCUT2D eigenvalue weighted by Gasteiger charge is -2.12. The van der Waals surface area contributed by atoms with Crippen LogP contribution in [0.4, 0.5) is 4.79 Å². The van der Waals surface area contributed by atoms with Gasteiger partial charge in [-0.3, -0.25) is 3.53 Å². The van der Waals surface area contributed by atoms with E-state index >= 15 is 0 Å². The second-order valence-corrected chi connectivity index (χ2v) is 6.96. The molecule has 3 N–H and O–H groups in total. The van der Waals surface area contributed by atoms with Crippen molar-refractivity contribution in [3.05, 3.63) is 0 Å². The maximum Gasteiger partial charge on any atom is 0.323 e. The van der Waals surface area contributed by atoms with E-state index in [2.05, 4.69) is 26.1 Å². The average molecular weight is 338 g/mol. The van der Waals surface area contributed by atoms with E-state index in [0.29, 0.717) is 6.04 Å². The highest BCUT2D eigenvalue weighted by molar-refractivity contribution is 14.2. The topological polar surface area (TPSA) is 56.4 Å². The Kier molecular flexibility index (Phi) is 4.54. The Morgan fingerprint density at radius 1 is 1.62 bits per heavy atom. The zero-order chi connectivity index (χ0) is 11.4. The van der Waals surface area contributed by atoms with Crippen molar-refractivity contribution in [1.29, 1.82) is 0 Å². The van der Waals surface area contributed by atoms with Crippen LogP contribution in [0, 0.1) is 0 Å². The number of likely N-dealkylation sites (tertiary alicyclic amines) is 1. The summed E-state index contributed by atoms with van der Waals surface area (Å²) in [5, 5.41) is 6.32. The maximum atomic E-state index is 11.6. The number of halogens is 1. The molecule has 2 saturated heterocycles. The van der Waals surface area contributed by atoms with Gasteiger partial charge in [-0.2, -0.15) is 0 Å². The minimum Gasteiger partial charge on any atom is -0.334 e. The predicted octanol–water partition coefficient (Wildman–Crippen LogP) is 0.0411. The Morgan fingerprint density at radius 2 is 2.50 bits per heavy atom. The molecular weight excluding hydrogens is 319 g/mol. The molecule has 0 aromatic carbocycles. The van der Waals surface area contributed by atoms with E-state index < -0.39 is 0 Å².